The van der Waals surface area contributed by atoms with Crippen LogP contribution in [0.3, 0.4) is 0 Å². The van der Waals surface area contributed by atoms with Gasteiger partial charge in [0.25, 0.3) is 5.56 Å². The van der Waals surface area contributed by atoms with Crippen molar-refractivity contribution in [3.05, 3.63) is 56.2 Å². The first-order valence-corrected chi connectivity index (χ1v) is 8.84. The smallest absolute Gasteiger partial charge is 0.342 e. The van der Waals surface area contributed by atoms with Crippen molar-refractivity contribution in [3.8, 4) is 5.75 Å². The summed E-state index contributed by atoms with van der Waals surface area (Å²) in [6.07, 6.45) is 0.582. The summed E-state index contributed by atoms with van der Waals surface area (Å²) in [6.45, 7) is 3.52. The number of hydrogen-bond donors (Lipinski definition) is 1. The Hall–Kier alpha value is -3.36. The van der Waals surface area contributed by atoms with E-state index in [0.717, 1.165) is 9.13 Å². The molecule has 0 aliphatic carbocycles. The van der Waals surface area contributed by atoms with Crippen molar-refractivity contribution >= 4 is 17.6 Å². The average molecular weight is 389 g/mol. The third kappa shape index (κ3) is 4.13. The van der Waals surface area contributed by atoms with Crippen LogP contribution in [0.15, 0.2) is 33.9 Å². The lowest BCUT2D eigenvalue weighted by Gasteiger charge is -2.14. The number of carbonyl (C=O) groups excluding carboxylic acids is 2. The molecule has 28 heavy (non-hydrogen) atoms. The molecule has 0 atom stereocenters. The second-order valence-corrected chi connectivity index (χ2v) is 5.99. The Morgan fingerprint density at radius 2 is 1.82 bits per heavy atom. The topological polar surface area (TPSA) is 123 Å². The maximum Gasteiger partial charge on any atom is 0.342 e. The predicted octanol–water partition coefficient (Wildman–Crippen LogP) is 0.978. The third-order valence-corrected chi connectivity index (χ3v) is 4.05. The summed E-state index contributed by atoms with van der Waals surface area (Å²) < 4.78 is 12.4. The fourth-order valence-corrected chi connectivity index (χ4v) is 2.68. The number of esters is 1. The number of benzene rings is 1. The van der Waals surface area contributed by atoms with Gasteiger partial charge in [0.2, 0.25) is 5.78 Å². The zero-order valence-electron chi connectivity index (χ0n) is 16.1. The van der Waals surface area contributed by atoms with Crippen LogP contribution in [-0.4, -0.2) is 34.1 Å². The standard InChI is InChI=1S/C19H23N3O6/c1-4-10-22-16(20)15(17(24)21(3)19(22)26)13(23)11-28-18(25)12-8-6-7-9-14(12)27-5-2/h6-9H,4-5,10-11,20H2,1-3H3. The van der Waals surface area contributed by atoms with Gasteiger partial charge < -0.3 is 15.2 Å². The van der Waals surface area contributed by atoms with Crippen LogP contribution in [0.25, 0.3) is 0 Å². The molecular weight excluding hydrogens is 366 g/mol. The van der Waals surface area contributed by atoms with Crippen molar-refractivity contribution in [2.75, 3.05) is 18.9 Å². The Balaban J connectivity index is 2.28. The molecule has 0 radical (unpaired) electrons. The van der Waals surface area contributed by atoms with E-state index < -0.39 is 29.6 Å². The van der Waals surface area contributed by atoms with E-state index in [4.69, 9.17) is 15.2 Å². The van der Waals surface area contributed by atoms with Crippen LogP contribution in [-0.2, 0) is 18.3 Å². The van der Waals surface area contributed by atoms with Gasteiger partial charge in [-0.3, -0.25) is 18.7 Å². The molecule has 1 aromatic heterocycles. The molecule has 0 amide bonds. The number of nitrogen functional groups attached to an aromatic ring is 1. The fourth-order valence-electron chi connectivity index (χ4n) is 2.68. The van der Waals surface area contributed by atoms with E-state index in [1.807, 2.05) is 6.92 Å². The molecule has 2 aromatic rings. The van der Waals surface area contributed by atoms with Crippen molar-refractivity contribution in [2.24, 2.45) is 7.05 Å². The SMILES string of the molecule is CCCn1c(N)c(C(=O)COC(=O)c2ccccc2OCC)c(=O)n(C)c1=O. The monoisotopic (exact) mass is 389 g/mol. The molecule has 1 heterocycles. The Morgan fingerprint density at radius 1 is 1.14 bits per heavy atom. The van der Waals surface area contributed by atoms with E-state index in [9.17, 15) is 19.2 Å². The Labute approximate surface area is 161 Å². The van der Waals surface area contributed by atoms with Gasteiger partial charge in [0.1, 0.15) is 22.7 Å². The fraction of sp³-hybridized carbons (Fsp3) is 0.368. The third-order valence-electron chi connectivity index (χ3n) is 4.05. The zero-order chi connectivity index (χ0) is 20.8. The first kappa shape index (κ1) is 20.9. The first-order chi connectivity index (χ1) is 13.3. The molecular formula is C19H23N3O6. The average Bonchev–Trinajstić information content (AvgIpc) is 2.68. The number of nitrogens with two attached hydrogens (primary N) is 1. The normalized spacial score (nSPS) is 10.5. The summed E-state index contributed by atoms with van der Waals surface area (Å²) in [5.41, 5.74) is 4.24. The van der Waals surface area contributed by atoms with Gasteiger partial charge in [0.15, 0.2) is 6.61 Å². The van der Waals surface area contributed by atoms with E-state index in [0.29, 0.717) is 18.8 Å². The van der Waals surface area contributed by atoms with E-state index >= 15 is 0 Å². The maximum atomic E-state index is 12.5. The van der Waals surface area contributed by atoms with Crippen LogP contribution in [0.5, 0.6) is 5.75 Å². The minimum atomic E-state index is -0.828. The van der Waals surface area contributed by atoms with E-state index in [2.05, 4.69) is 0 Å². The minimum Gasteiger partial charge on any atom is -0.493 e. The van der Waals surface area contributed by atoms with Crippen molar-refractivity contribution in [2.45, 2.75) is 26.8 Å². The molecule has 0 unspecified atom stereocenters. The lowest BCUT2D eigenvalue weighted by atomic mass is 10.2. The summed E-state index contributed by atoms with van der Waals surface area (Å²) in [4.78, 5) is 49.4. The molecule has 2 rings (SSSR count). The van der Waals surface area contributed by atoms with Gasteiger partial charge in [-0.05, 0) is 25.5 Å². The minimum absolute atomic E-state index is 0.161. The van der Waals surface area contributed by atoms with Crippen molar-refractivity contribution < 1.29 is 19.1 Å². The molecule has 0 saturated heterocycles. The Morgan fingerprint density at radius 3 is 2.46 bits per heavy atom. The molecule has 150 valence electrons. The highest BCUT2D eigenvalue weighted by molar-refractivity contribution is 6.02. The first-order valence-electron chi connectivity index (χ1n) is 8.84. The number of carbonyl (C=O) groups is 2. The second-order valence-electron chi connectivity index (χ2n) is 5.99. The molecule has 0 fully saturated rings. The van der Waals surface area contributed by atoms with E-state index in [1.54, 1.807) is 25.1 Å². The quantitative estimate of drug-likeness (QED) is 0.527. The van der Waals surface area contributed by atoms with Gasteiger partial charge >= 0.3 is 11.7 Å². The van der Waals surface area contributed by atoms with Crippen LogP contribution < -0.4 is 21.7 Å². The number of para-hydroxylation sites is 1. The molecule has 1 aromatic carbocycles. The number of ether oxygens (including phenoxy) is 2. The summed E-state index contributed by atoms with van der Waals surface area (Å²) in [5.74, 6) is -1.46. The van der Waals surface area contributed by atoms with E-state index in [1.165, 1.54) is 13.1 Å². The number of rotatable bonds is 8. The highest BCUT2D eigenvalue weighted by Gasteiger charge is 2.23. The number of nitrogens with zero attached hydrogens (tertiary/aromatic N) is 2. The van der Waals surface area contributed by atoms with Crippen molar-refractivity contribution in [1.82, 2.24) is 9.13 Å². The van der Waals surface area contributed by atoms with Gasteiger partial charge in [-0.1, -0.05) is 19.1 Å². The van der Waals surface area contributed by atoms with Crippen LogP contribution in [0.2, 0.25) is 0 Å². The lowest BCUT2D eigenvalue weighted by Crippen LogP contribution is -2.43. The summed E-state index contributed by atoms with van der Waals surface area (Å²) in [7, 11) is 1.26. The van der Waals surface area contributed by atoms with Gasteiger partial charge in [-0.2, -0.15) is 0 Å². The van der Waals surface area contributed by atoms with Crippen LogP contribution in [0, 0.1) is 0 Å². The summed E-state index contributed by atoms with van der Waals surface area (Å²) in [6, 6.07) is 6.45. The number of aromatic nitrogens is 2. The number of hydrogen-bond acceptors (Lipinski definition) is 7. The van der Waals surface area contributed by atoms with Gasteiger partial charge in [0.05, 0.1) is 6.61 Å². The molecule has 0 spiro atoms. The highest BCUT2D eigenvalue weighted by Crippen LogP contribution is 2.19. The lowest BCUT2D eigenvalue weighted by molar-refractivity contribution is 0.0470. The molecule has 0 aliphatic heterocycles. The zero-order valence-corrected chi connectivity index (χ0v) is 16.1. The summed E-state index contributed by atoms with van der Waals surface area (Å²) >= 11 is 0. The molecule has 9 heteroatoms. The van der Waals surface area contributed by atoms with Crippen LogP contribution >= 0.6 is 0 Å². The number of ketones is 1. The summed E-state index contributed by atoms with van der Waals surface area (Å²) in [5, 5.41) is 0. The van der Waals surface area contributed by atoms with E-state index in [-0.39, 0.29) is 23.5 Å². The Bertz CT molecular complexity index is 1010. The van der Waals surface area contributed by atoms with Gasteiger partial charge in [0, 0.05) is 13.6 Å². The highest BCUT2D eigenvalue weighted by atomic mass is 16.5. The molecule has 2 N–H and O–H groups in total. The number of Topliss-reactive ketones (excluding diaryl/α,β-unsaturated/α-hetero) is 1. The Kier molecular flexibility index (Phi) is 6.75. The largest absolute Gasteiger partial charge is 0.493 e. The van der Waals surface area contributed by atoms with Crippen LogP contribution in [0.4, 0.5) is 5.82 Å². The maximum absolute atomic E-state index is 12.5. The predicted molar refractivity (Wildman–Crippen MR) is 103 cm³/mol. The van der Waals surface area contributed by atoms with Crippen LogP contribution in [0.1, 0.15) is 41.0 Å². The molecule has 0 bridgehead atoms. The van der Waals surface area contributed by atoms with Crippen molar-refractivity contribution in [3.63, 3.8) is 0 Å². The molecule has 0 saturated carbocycles. The second kappa shape index (κ2) is 9.03. The van der Waals surface area contributed by atoms with Gasteiger partial charge in [-0.25, -0.2) is 9.59 Å². The van der Waals surface area contributed by atoms with Crippen molar-refractivity contribution in [1.29, 1.82) is 0 Å². The number of anilines is 1. The van der Waals surface area contributed by atoms with Gasteiger partial charge in [-0.15, -0.1) is 0 Å². The molecule has 0 aliphatic rings. The molecule has 9 nitrogen and oxygen atoms in total.